The van der Waals surface area contributed by atoms with Crippen molar-refractivity contribution in [3.8, 4) is 5.75 Å². The van der Waals surface area contributed by atoms with E-state index in [4.69, 9.17) is 21.1 Å². The Labute approximate surface area is 224 Å². The van der Waals surface area contributed by atoms with Gasteiger partial charge in [-0.05, 0) is 67.9 Å². The van der Waals surface area contributed by atoms with Gasteiger partial charge in [0.25, 0.3) is 17.7 Å². The summed E-state index contributed by atoms with van der Waals surface area (Å²) < 4.78 is 10.3. The number of esters is 1. The molecule has 4 rings (SSSR count). The van der Waals surface area contributed by atoms with Gasteiger partial charge in [0.1, 0.15) is 16.5 Å². The maximum Gasteiger partial charge on any atom is 0.338 e. The first-order valence-corrected chi connectivity index (χ1v) is 12.0. The quantitative estimate of drug-likeness (QED) is 0.313. The number of aryl methyl sites for hydroxylation is 1. The van der Waals surface area contributed by atoms with Crippen LogP contribution in [0.5, 0.6) is 5.75 Å². The molecule has 2 N–H and O–H groups in total. The van der Waals surface area contributed by atoms with Gasteiger partial charge in [0, 0.05) is 16.9 Å². The molecular formula is C28H24ClN3O6. The summed E-state index contributed by atoms with van der Waals surface area (Å²) in [6, 6.07) is 17.8. The van der Waals surface area contributed by atoms with Crippen LogP contribution in [0.25, 0.3) is 0 Å². The average molecular weight is 534 g/mol. The summed E-state index contributed by atoms with van der Waals surface area (Å²) in [5, 5.41) is 5.32. The van der Waals surface area contributed by atoms with Crippen LogP contribution in [0.1, 0.15) is 33.2 Å². The molecule has 0 bridgehead atoms. The number of rotatable bonds is 8. The molecule has 0 unspecified atom stereocenters. The monoisotopic (exact) mass is 533 g/mol. The summed E-state index contributed by atoms with van der Waals surface area (Å²) >= 11 is 6.27. The molecule has 10 heteroatoms. The first kappa shape index (κ1) is 26.4. The highest BCUT2D eigenvalue weighted by Crippen LogP contribution is 2.36. The predicted molar refractivity (Wildman–Crippen MR) is 144 cm³/mol. The van der Waals surface area contributed by atoms with E-state index in [1.165, 1.54) is 19.2 Å². The third kappa shape index (κ3) is 5.37. The van der Waals surface area contributed by atoms with Crippen LogP contribution in [0.2, 0.25) is 0 Å². The third-order valence-electron chi connectivity index (χ3n) is 5.63. The second-order valence-corrected chi connectivity index (χ2v) is 8.65. The summed E-state index contributed by atoms with van der Waals surface area (Å²) in [4.78, 5) is 52.0. The van der Waals surface area contributed by atoms with Crippen molar-refractivity contribution in [2.24, 2.45) is 0 Å². The largest absolute Gasteiger partial charge is 0.495 e. The number of benzene rings is 3. The third-order valence-corrected chi connectivity index (χ3v) is 5.98. The molecule has 38 heavy (non-hydrogen) atoms. The molecule has 0 spiro atoms. The van der Waals surface area contributed by atoms with Gasteiger partial charge in [-0.15, -0.1) is 0 Å². The molecular weight excluding hydrogens is 510 g/mol. The van der Waals surface area contributed by atoms with Crippen LogP contribution >= 0.6 is 11.6 Å². The van der Waals surface area contributed by atoms with E-state index in [0.29, 0.717) is 22.7 Å². The Hall–Kier alpha value is -4.63. The number of carbonyl (C=O) groups excluding carboxylic acids is 4. The van der Waals surface area contributed by atoms with E-state index in [2.05, 4.69) is 10.6 Å². The van der Waals surface area contributed by atoms with Gasteiger partial charge in [0.15, 0.2) is 0 Å². The van der Waals surface area contributed by atoms with Crippen molar-refractivity contribution in [2.45, 2.75) is 13.8 Å². The molecule has 0 fully saturated rings. The lowest BCUT2D eigenvalue weighted by molar-refractivity contribution is -0.120. The van der Waals surface area contributed by atoms with Crippen LogP contribution in [-0.4, -0.2) is 37.4 Å². The highest BCUT2D eigenvalue weighted by Gasteiger charge is 2.40. The minimum absolute atomic E-state index is 0.125. The van der Waals surface area contributed by atoms with Gasteiger partial charge in [-0.25, -0.2) is 9.69 Å². The molecule has 0 radical (unpaired) electrons. The highest BCUT2D eigenvalue weighted by atomic mass is 35.5. The Morgan fingerprint density at radius 2 is 1.61 bits per heavy atom. The van der Waals surface area contributed by atoms with E-state index >= 15 is 0 Å². The number of ether oxygens (including phenoxy) is 2. The second-order valence-electron chi connectivity index (χ2n) is 8.27. The van der Waals surface area contributed by atoms with Crippen molar-refractivity contribution >= 4 is 52.4 Å². The number of hydrogen-bond donors (Lipinski definition) is 2. The molecule has 3 aromatic rings. The standard InChI is InChI=1S/C28H24ClN3O6/c1-4-38-28(36)18-8-6-10-20(15-18)31-25(33)17-7-5-9-19(14-17)30-24-23(29)26(34)32(27(24)35)21-13-16(2)11-12-22(21)37-3/h5-15,30H,4H2,1-3H3,(H,31,33). The number of methoxy groups -OCH3 is 1. The second kappa shape index (κ2) is 11.2. The van der Waals surface area contributed by atoms with Crippen LogP contribution in [0.15, 0.2) is 77.5 Å². The number of imide groups is 1. The molecule has 0 aromatic heterocycles. The van der Waals surface area contributed by atoms with Crippen molar-refractivity contribution in [2.75, 3.05) is 29.3 Å². The van der Waals surface area contributed by atoms with Gasteiger partial charge < -0.3 is 20.1 Å². The molecule has 3 aromatic carbocycles. The molecule has 9 nitrogen and oxygen atoms in total. The topological polar surface area (TPSA) is 114 Å². The number of amides is 3. The Morgan fingerprint density at radius 1 is 0.921 bits per heavy atom. The number of hydrogen-bond acceptors (Lipinski definition) is 7. The molecule has 1 aliphatic rings. The van der Waals surface area contributed by atoms with Crippen molar-refractivity contribution in [3.05, 3.63) is 94.1 Å². The maximum absolute atomic E-state index is 13.2. The first-order valence-electron chi connectivity index (χ1n) is 11.6. The van der Waals surface area contributed by atoms with Gasteiger partial charge in [0.05, 0.1) is 25.0 Å². The molecule has 1 aliphatic heterocycles. The summed E-state index contributed by atoms with van der Waals surface area (Å²) in [7, 11) is 1.44. The molecule has 0 saturated heterocycles. The molecule has 0 saturated carbocycles. The van der Waals surface area contributed by atoms with Gasteiger partial charge >= 0.3 is 5.97 Å². The van der Waals surface area contributed by atoms with E-state index in [0.717, 1.165) is 10.5 Å². The highest BCUT2D eigenvalue weighted by molar-refractivity contribution is 6.53. The zero-order valence-electron chi connectivity index (χ0n) is 20.8. The number of carbonyl (C=O) groups is 4. The van der Waals surface area contributed by atoms with E-state index in [1.54, 1.807) is 61.5 Å². The minimum atomic E-state index is -0.696. The van der Waals surface area contributed by atoms with Crippen molar-refractivity contribution in [1.82, 2.24) is 0 Å². The molecule has 194 valence electrons. The van der Waals surface area contributed by atoms with Gasteiger partial charge in [-0.2, -0.15) is 0 Å². The molecule has 1 heterocycles. The van der Waals surface area contributed by atoms with E-state index in [1.807, 2.05) is 6.92 Å². The van der Waals surface area contributed by atoms with E-state index in [-0.39, 0.29) is 28.6 Å². The SMILES string of the molecule is CCOC(=O)c1cccc(NC(=O)c2cccc(NC3=C(Cl)C(=O)N(c4cc(C)ccc4OC)C3=O)c2)c1. The van der Waals surface area contributed by atoms with Crippen molar-refractivity contribution < 1.29 is 28.7 Å². The van der Waals surface area contributed by atoms with E-state index in [9.17, 15) is 19.2 Å². The number of anilines is 3. The zero-order valence-corrected chi connectivity index (χ0v) is 21.6. The summed E-state index contributed by atoms with van der Waals surface area (Å²) in [5.41, 5.74) is 2.32. The normalized spacial score (nSPS) is 13.0. The van der Waals surface area contributed by atoms with Crippen LogP contribution in [0.3, 0.4) is 0 Å². The lowest BCUT2D eigenvalue weighted by Crippen LogP contribution is -2.32. The summed E-state index contributed by atoms with van der Waals surface area (Å²) in [6.45, 7) is 3.77. The Bertz CT molecular complexity index is 1480. The average Bonchev–Trinajstić information content (AvgIpc) is 3.12. The van der Waals surface area contributed by atoms with Crippen LogP contribution < -0.4 is 20.3 Å². The fraction of sp³-hybridized carbons (Fsp3) is 0.143. The smallest absolute Gasteiger partial charge is 0.338 e. The van der Waals surface area contributed by atoms with Crippen molar-refractivity contribution in [3.63, 3.8) is 0 Å². The Balaban J connectivity index is 1.53. The summed E-state index contributed by atoms with van der Waals surface area (Å²) in [6.07, 6.45) is 0. The lowest BCUT2D eigenvalue weighted by atomic mass is 10.1. The number of nitrogens with one attached hydrogen (secondary N) is 2. The predicted octanol–water partition coefficient (Wildman–Crippen LogP) is 4.87. The van der Waals surface area contributed by atoms with Gasteiger partial charge in [0.2, 0.25) is 0 Å². The van der Waals surface area contributed by atoms with E-state index < -0.39 is 23.7 Å². The molecule has 3 amide bonds. The molecule has 0 atom stereocenters. The fourth-order valence-corrected chi connectivity index (χ4v) is 4.04. The van der Waals surface area contributed by atoms with Gasteiger partial charge in [-0.3, -0.25) is 14.4 Å². The lowest BCUT2D eigenvalue weighted by Gasteiger charge is -2.18. The first-order chi connectivity index (χ1) is 18.2. The Kier molecular flexibility index (Phi) is 7.78. The maximum atomic E-state index is 13.2. The van der Waals surface area contributed by atoms with Crippen LogP contribution in [0.4, 0.5) is 17.1 Å². The molecule has 0 aliphatic carbocycles. The van der Waals surface area contributed by atoms with Crippen LogP contribution in [-0.2, 0) is 14.3 Å². The zero-order chi connectivity index (χ0) is 27.4. The summed E-state index contributed by atoms with van der Waals surface area (Å²) in [5.74, 6) is -1.95. The number of halogens is 1. The van der Waals surface area contributed by atoms with Crippen molar-refractivity contribution in [1.29, 1.82) is 0 Å². The number of nitrogens with zero attached hydrogens (tertiary/aromatic N) is 1. The van der Waals surface area contributed by atoms with Crippen LogP contribution in [0, 0.1) is 6.92 Å². The van der Waals surface area contributed by atoms with Gasteiger partial charge in [-0.1, -0.05) is 29.8 Å². The minimum Gasteiger partial charge on any atom is -0.495 e. The fourth-order valence-electron chi connectivity index (χ4n) is 3.83. The Morgan fingerprint density at radius 3 is 2.32 bits per heavy atom.